The zero-order valence-electron chi connectivity index (χ0n) is 16.2. The lowest BCUT2D eigenvalue weighted by molar-refractivity contribution is -0.114. The van der Waals surface area contributed by atoms with Gasteiger partial charge in [-0.05, 0) is 6.07 Å². The van der Waals surface area contributed by atoms with Crippen LogP contribution in [0.2, 0.25) is 0 Å². The van der Waals surface area contributed by atoms with Crippen LogP contribution >= 0.6 is 0 Å². The summed E-state index contributed by atoms with van der Waals surface area (Å²) < 4.78 is 7.08. The summed E-state index contributed by atoms with van der Waals surface area (Å²) in [5.41, 5.74) is 0.906. The van der Waals surface area contributed by atoms with Crippen LogP contribution < -0.4 is 20.7 Å². The Bertz CT molecular complexity index is 1060. The normalized spacial score (nSPS) is 10.3. The van der Waals surface area contributed by atoms with Gasteiger partial charge in [0.2, 0.25) is 5.91 Å². The van der Waals surface area contributed by atoms with Crippen molar-refractivity contribution in [2.24, 2.45) is 7.05 Å². The van der Waals surface area contributed by atoms with Crippen molar-refractivity contribution in [2.75, 3.05) is 24.8 Å². The fourth-order valence-corrected chi connectivity index (χ4v) is 2.52. The van der Waals surface area contributed by atoms with E-state index in [0.717, 1.165) is 0 Å². The highest BCUT2D eigenvalue weighted by Gasteiger charge is 2.20. The van der Waals surface area contributed by atoms with E-state index < -0.39 is 5.91 Å². The van der Waals surface area contributed by atoms with Crippen LogP contribution in [0.1, 0.15) is 17.4 Å². The van der Waals surface area contributed by atoms with Crippen molar-refractivity contribution < 1.29 is 14.3 Å². The minimum absolute atomic E-state index is 0.0202. The van der Waals surface area contributed by atoms with E-state index in [1.807, 2.05) is 0 Å². The average Bonchev–Trinajstić information content (AvgIpc) is 3.13. The largest absolute Gasteiger partial charge is 0.492 e. The number of aryl methyl sites for hydroxylation is 1. The molecule has 0 spiro atoms. The molecule has 3 rings (SSSR count). The van der Waals surface area contributed by atoms with Gasteiger partial charge in [0.15, 0.2) is 28.9 Å². The van der Waals surface area contributed by atoms with Crippen LogP contribution in [0.4, 0.5) is 17.3 Å². The maximum Gasteiger partial charge on any atom is 0.273 e. The zero-order chi connectivity index (χ0) is 21.0. The summed E-state index contributed by atoms with van der Waals surface area (Å²) in [5.74, 6) is 0.527. The molecule has 2 amide bonds. The molecule has 29 heavy (non-hydrogen) atoms. The molecule has 3 aromatic rings. The molecule has 0 radical (unpaired) electrons. The molecule has 12 heteroatoms. The number of ether oxygens (including phenoxy) is 1. The third-order valence-electron chi connectivity index (χ3n) is 3.74. The second-order valence-corrected chi connectivity index (χ2v) is 5.86. The van der Waals surface area contributed by atoms with Crippen LogP contribution in [0, 0.1) is 0 Å². The smallest absolute Gasteiger partial charge is 0.273 e. The number of nitrogens with one attached hydrogen (secondary N) is 3. The lowest BCUT2D eigenvalue weighted by Gasteiger charge is -2.15. The Morgan fingerprint density at radius 3 is 2.62 bits per heavy atom. The van der Waals surface area contributed by atoms with Crippen LogP contribution in [0.5, 0.6) is 5.75 Å². The summed E-state index contributed by atoms with van der Waals surface area (Å²) in [6.45, 7) is 1.34. The van der Waals surface area contributed by atoms with Gasteiger partial charge in [-0.2, -0.15) is 5.10 Å². The van der Waals surface area contributed by atoms with Gasteiger partial charge in [-0.15, -0.1) is 10.2 Å². The highest BCUT2D eigenvalue weighted by Crippen LogP contribution is 2.35. The maximum absolute atomic E-state index is 12.2. The molecular weight excluding hydrogens is 378 g/mol. The van der Waals surface area contributed by atoms with Crippen molar-refractivity contribution in [2.45, 2.75) is 6.92 Å². The van der Waals surface area contributed by atoms with Gasteiger partial charge in [0, 0.05) is 33.3 Å². The first-order valence-electron chi connectivity index (χ1n) is 8.46. The monoisotopic (exact) mass is 397 g/mol. The van der Waals surface area contributed by atoms with Crippen molar-refractivity contribution in [1.82, 2.24) is 35.3 Å². The Balaban J connectivity index is 2.06. The molecule has 0 fully saturated rings. The van der Waals surface area contributed by atoms with Crippen molar-refractivity contribution in [3.05, 3.63) is 30.4 Å². The van der Waals surface area contributed by atoms with Crippen molar-refractivity contribution in [3.63, 3.8) is 0 Å². The Kier molecular flexibility index (Phi) is 5.62. The minimum atomic E-state index is -0.462. The van der Waals surface area contributed by atoms with Gasteiger partial charge in [-0.25, -0.2) is 9.97 Å². The molecular formula is C17H19N9O3. The molecule has 0 unspecified atom stereocenters. The molecule has 0 saturated carbocycles. The molecule has 3 heterocycles. The molecule has 0 aliphatic rings. The molecule has 3 N–H and O–H groups in total. The van der Waals surface area contributed by atoms with Gasteiger partial charge in [0.05, 0.1) is 18.4 Å². The number of aromatic nitrogens is 6. The van der Waals surface area contributed by atoms with Crippen molar-refractivity contribution in [3.8, 4) is 17.1 Å². The molecule has 12 nitrogen and oxygen atoms in total. The third-order valence-corrected chi connectivity index (χ3v) is 3.74. The van der Waals surface area contributed by atoms with Gasteiger partial charge >= 0.3 is 0 Å². The molecule has 0 saturated heterocycles. The minimum Gasteiger partial charge on any atom is -0.492 e. The summed E-state index contributed by atoms with van der Waals surface area (Å²) in [7, 11) is 4.72. The van der Waals surface area contributed by atoms with Crippen LogP contribution in [0.3, 0.4) is 0 Å². The predicted molar refractivity (Wildman–Crippen MR) is 104 cm³/mol. The number of hydrogen-bond donors (Lipinski definition) is 3. The SMILES string of the molecule is CNC(=O)c1nnc(NC(C)=O)cc1Nc1nccc(-c2ncn(C)n2)c1OC. The Labute approximate surface area is 165 Å². The standard InChI is InChI=1S/C17H19N9O3/c1-9(27)21-12-7-11(13(24-23-12)17(28)18-2)22-16-14(29-4)10(5-6-19-16)15-20-8-26(3)25-15/h5-8H,1-4H3,(H,18,28)(H2,19,21,22,23,27). The summed E-state index contributed by atoms with van der Waals surface area (Å²) in [4.78, 5) is 32.0. The Hall–Kier alpha value is -4.09. The number of carbonyl (C=O) groups is 2. The molecule has 0 bridgehead atoms. The fraction of sp³-hybridized carbons (Fsp3) is 0.235. The van der Waals surface area contributed by atoms with Gasteiger partial charge < -0.3 is 20.7 Å². The number of amides is 2. The first-order chi connectivity index (χ1) is 13.9. The van der Waals surface area contributed by atoms with Crippen molar-refractivity contribution >= 4 is 29.1 Å². The Morgan fingerprint density at radius 2 is 2.00 bits per heavy atom. The van der Waals surface area contributed by atoms with E-state index in [4.69, 9.17) is 4.74 Å². The first kappa shape index (κ1) is 19.7. The predicted octanol–water partition coefficient (Wildman–Crippen LogP) is 0.737. The van der Waals surface area contributed by atoms with Gasteiger partial charge in [-0.3, -0.25) is 14.3 Å². The maximum atomic E-state index is 12.2. The van der Waals surface area contributed by atoms with E-state index in [1.165, 1.54) is 27.1 Å². The second kappa shape index (κ2) is 8.29. The summed E-state index contributed by atoms with van der Waals surface area (Å²) >= 11 is 0. The molecule has 3 aromatic heterocycles. The van der Waals surface area contributed by atoms with Gasteiger partial charge in [0.1, 0.15) is 6.33 Å². The van der Waals surface area contributed by atoms with Gasteiger partial charge in [0.25, 0.3) is 5.91 Å². The topological polar surface area (TPSA) is 149 Å². The number of pyridine rings is 1. The third kappa shape index (κ3) is 4.26. The average molecular weight is 397 g/mol. The van der Waals surface area contributed by atoms with Crippen molar-refractivity contribution in [1.29, 1.82) is 0 Å². The number of rotatable bonds is 6. The fourth-order valence-electron chi connectivity index (χ4n) is 2.52. The number of hydrogen-bond acceptors (Lipinski definition) is 9. The first-order valence-corrected chi connectivity index (χ1v) is 8.46. The number of methoxy groups -OCH3 is 1. The van der Waals surface area contributed by atoms with Crippen LogP contribution in [0.25, 0.3) is 11.4 Å². The quantitative estimate of drug-likeness (QED) is 0.547. The van der Waals surface area contributed by atoms with E-state index in [0.29, 0.717) is 23.0 Å². The van der Waals surface area contributed by atoms with Crippen LogP contribution in [0.15, 0.2) is 24.7 Å². The number of carbonyl (C=O) groups excluding carboxylic acids is 2. The summed E-state index contributed by atoms with van der Waals surface area (Å²) in [6.07, 6.45) is 3.12. The number of anilines is 3. The highest BCUT2D eigenvalue weighted by atomic mass is 16.5. The van der Waals surface area contributed by atoms with E-state index in [1.54, 1.807) is 30.3 Å². The molecule has 0 aliphatic carbocycles. The summed E-state index contributed by atoms with van der Waals surface area (Å²) in [5, 5.41) is 20.1. The second-order valence-electron chi connectivity index (χ2n) is 5.86. The van der Waals surface area contributed by atoms with E-state index in [-0.39, 0.29) is 23.1 Å². The summed E-state index contributed by atoms with van der Waals surface area (Å²) in [6, 6.07) is 3.19. The van der Waals surface area contributed by atoms with Crippen LogP contribution in [-0.2, 0) is 11.8 Å². The van der Waals surface area contributed by atoms with E-state index in [2.05, 4.69) is 41.2 Å². The highest BCUT2D eigenvalue weighted by molar-refractivity contribution is 5.99. The van der Waals surface area contributed by atoms with E-state index in [9.17, 15) is 9.59 Å². The lowest BCUT2D eigenvalue weighted by atomic mass is 10.2. The van der Waals surface area contributed by atoms with E-state index >= 15 is 0 Å². The molecule has 0 atom stereocenters. The van der Waals surface area contributed by atoms with Crippen LogP contribution in [-0.4, -0.2) is 55.9 Å². The van der Waals surface area contributed by atoms with Gasteiger partial charge in [-0.1, -0.05) is 0 Å². The number of nitrogens with zero attached hydrogens (tertiary/aromatic N) is 6. The molecule has 0 aromatic carbocycles. The Morgan fingerprint density at radius 1 is 1.21 bits per heavy atom. The lowest BCUT2D eigenvalue weighted by Crippen LogP contribution is -2.22. The molecule has 0 aliphatic heterocycles. The molecule has 150 valence electrons. The zero-order valence-corrected chi connectivity index (χ0v) is 16.2.